The third kappa shape index (κ3) is 3.92. The number of benzene rings is 1. The molecule has 1 aromatic carbocycles. The molecule has 20 heavy (non-hydrogen) atoms. The second kappa shape index (κ2) is 7.03. The lowest BCUT2D eigenvalue weighted by molar-refractivity contribution is 0.0390. The zero-order chi connectivity index (χ0) is 14.4. The molecular weight excluding hydrogens is 280 g/mol. The number of methoxy groups -OCH3 is 1. The average Bonchev–Trinajstić information content (AvgIpc) is 2.48. The van der Waals surface area contributed by atoms with E-state index in [9.17, 15) is 8.42 Å². The highest BCUT2D eigenvalue weighted by Gasteiger charge is 2.19. The molecule has 0 atom stereocenters. The highest BCUT2D eigenvalue weighted by molar-refractivity contribution is 7.89. The number of sulfonamides is 1. The summed E-state index contributed by atoms with van der Waals surface area (Å²) in [6, 6.07) is 6.59. The van der Waals surface area contributed by atoms with Crippen LogP contribution in [0.1, 0.15) is 0 Å². The number of hydrogen-bond acceptors (Lipinski definition) is 5. The van der Waals surface area contributed by atoms with Gasteiger partial charge in [0.05, 0.1) is 20.3 Å². The van der Waals surface area contributed by atoms with Gasteiger partial charge in [-0.05, 0) is 12.1 Å². The molecule has 1 aliphatic rings. The van der Waals surface area contributed by atoms with E-state index in [-0.39, 0.29) is 4.90 Å². The number of hydrogen-bond donors (Lipinski definition) is 1. The first-order chi connectivity index (χ1) is 9.63. The van der Waals surface area contributed by atoms with Crippen molar-refractivity contribution in [2.45, 2.75) is 4.90 Å². The Morgan fingerprint density at radius 2 is 2.00 bits per heavy atom. The van der Waals surface area contributed by atoms with Crippen LogP contribution in [0.5, 0.6) is 5.75 Å². The van der Waals surface area contributed by atoms with Crippen molar-refractivity contribution in [1.29, 1.82) is 0 Å². The third-order valence-corrected chi connectivity index (χ3v) is 4.68. The molecule has 0 bridgehead atoms. The van der Waals surface area contributed by atoms with Crippen LogP contribution in [0.2, 0.25) is 0 Å². The van der Waals surface area contributed by atoms with Crippen molar-refractivity contribution in [2.24, 2.45) is 0 Å². The summed E-state index contributed by atoms with van der Waals surface area (Å²) in [5.74, 6) is 0.353. The zero-order valence-electron chi connectivity index (χ0n) is 11.5. The molecule has 0 aromatic heterocycles. The molecule has 1 heterocycles. The van der Waals surface area contributed by atoms with Crippen molar-refractivity contribution in [3.63, 3.8) is 0 Å². The number of para-hydroxylation sites is 1. The molecule has 6 nitrogen and oxygen atoms in total. The predicted octanol–water partition coefficient (Wildman–Crippen LogP) is 0.306. The molecule has 0 saturated carbocycles. The summed E-state index contributed by atoms with van der Waals surface area (Å²) >= 11 is 0. The summed E-state index contributed by atoms with van der Waals surface area (Å²) in [5.41, 5.74) is 0. The summed E-state index contributed by atoms with van der Waals surface area (Å²) in [7, 11) is -2.08. The normalized spacial score (nSPS) is 17.1. The van der Waals surface area contributed by atoms with E-state index < -0.39 is 10.0 Å². The Bertz CT molecular complexity index is 527. The van der Waals surface area contributed by atoms with Gasteiger partial charge in [0.1, 0.15) is 10.6 Å². The predicted molar refractivity (Wildman–Crippen MR) is 75.4 cm³/mol. The fourth-order valence-corrected chi connectivity index (χ4v) is 3.27. The first-order valence-corrected chi connectivity index (χ1v) is 8.04. The SMILES string of the molecule is COc1ccccc1S(=O)(=O)NCCN1CCOCC1. The first kappa shape index (κ1) is 15.2. The Balaban J connectivity index is 1.93. The molecule has 0 amide bonds. The molecule has 0 unspecified atom stereocenters. The van der Waals surface area contributed by atoms with Gasteiger partial charge in [-0.3, -0.25) is 4.90 Å². The van der Waals surface area contributed by atoms with E-state index in [4.69, 9.17) is 9.47 Å². The Hall–Kier alpha value is -1.15. The fourth-order valence-electron chi connectivity index (χ4n) is 2.08. The number of nitrogens with zero attached hydrogens (tertiary/aromatic N) is 1. The van der Waals surface area contributed by atoms with Crippen LogP contribution < -0.4 is 9.46 Å². The van der Waals surface area contributed by atoms with E-state index in [1.165, 1.54) is 13.2 Å². The highest BCUT2D eigenvalue weighted by Crippen LogP contribution is 2.22. The topological polar surface area (TPSA) is 67.9 Å². The summed E-state index contributed by atoms with van der Waals surface area (Å²) in [6.07, 6.45) is 0. The van der Waals surface area contributed by atoms with E-state index in [0.29, 0.717) is 32.1 Å². The molecule has 0 aliphatic carbocycles. The molecule has 0 spiro atoms. The standard InChI is InChI=1S/C13H20N2O4S/c1-18-12-4-2-3-5-13(12)20(16,17)14-6-7-15-8-10-19-11-9-15/h2-5,14H,6-11H2,1H3. The quantitative estimate of drug-likeness (QED) is 0.819. The van der Waals surface area contributed by atoms with Crippen LogP contribution in [0.25, 0.3) is 0 Å². The van der Waals surface area contributed by atoms with Crippen LogP contribution in [0.4, 0.5) is 0 Å². The van der Waals surface area contributed by atoms with Crippen molar-refractivity contribution < 1.29 is 17.9 Å². The van der Waals surface area contributed by atoms with Crippen molar-refractivity contribution >= 4 is 10.0 Å². The maximum absolute atomic E-state index is 12.2. The lowest BCUT2D eigenvalue weighted by atomic mass is 10.3. The van der Waals surface area contributed by atoms with Crippen LogP contribution in [0, 0.1) is 0 Å². The van der Waals surface area contributed by atoms with Crippen LogP contribution in [-0.4, -0.2) is 59.8 Å². The monoisotopic (exact) mass is 300 g/mol. The summed E-state index contributed by atoms with van der Waals surface area (Å²) in [4.78, 5) is 2.35. The summed E-state index contributed by atoms with van der Waals surface area (Å²) < 4.78 is 37.4. The van der Waals surface area contributed by atoms with Gasteiger partial charge in [0.25, 0.3) is 0 Å². The molecule has 1 aromatic rings. The molecule has 1 fully saturated rings. The van der Waals surface area contributed by atoms with E-state index in [2.05, 4.69) is 9.62 Å². The minimum absolute atomic E-state index is 0.171. The van der Waals surface area contributed by atoms with Gasteiger partial charge in [-0.15, -0.1) is 0 Å². The average molecular weight is 300 g/mol. The first-order valence-electron chi connectivity index (χ1n) is 6.56. The molecule has 1 N–H and O–H groups in total. The van der Waals surface area contributed by atoms with E-state index in [0.717, 1.165) is 13.1 Å². The van der Waals surface area contributed by atoms with Crippen LogP contribution in [-0.2, 0) is 14.8 Å². The van der Waals surface area contributed by atoms with Gasteiger partial charge in [-0.2, -0.15) is 0 Å². The lowest BCUT2D eigenvalue weighted by Gasteiger charge is -2.26. The second-order valence-corrected chi connectivity index (χ2v) is 6.24. The third-order valence-electron chi connectivity index (χ3n) is 3.18. The zero-order valence-corrected chi connectivity index (χ0v) is 12.4. The molecule has 7 heteroatoms. The smallest absolute Gasteiger partial charge is 0.244 e. The van der Waals surface area contributed by atoms with Gasteiger partial charge in [0, 0.05) is 26.2 Å². The van der Waals surface area contributed by atoms with Crippen molar-refractivity contribution in [1.82, 2.24) is 9.62 Å². The number of rotatable bonds is 6. The molecule has 2 rings (SSSR count). The van der Waals surface area contributed by atoms with Gasteiger partial charge >= 0.3 is 0 Å². The Morgan fingerprint density at radius 3 is 2.70 bits per heavy atom. The number of nitrogens with one attached hydrogen (secondary N) is 1. The molecular formula is C13H20N2O4S. The summed E-state index contributed by atoms with van der Waals surface area (Å²) in [5, 5.41) is 0. The fraction of sp³-hybridized carbons (Fsp3) is 0.538. The minimum Gasteiger partial charge on any atom is -0.495 e. The van der Waals surface area contributed by atoms with E-state index in [1.807, 2.05) is 0 Å². The summed E-state index contributed by atoms with van der Waals surface area (Å²) in [6.45, 7) is 4.16. The Morgan fingerprint density at radius 1 is 1.30 bits per heavy atom. The molecule has 1 saturated heterocycles. The van der Waals surface area contributed by atoms with E-state index in [1.54, 1.807) is 18.2 Å². The lowest BCUT2D eigenvalue weighted by Crippen LogP contribution is -2.41. The molecule has 0 radical (unpaired) electrons. The van der Waals surface area contributed by atoms with Gasteiger partial charge in [-0.25, -0.2) is 13.1 Å². The Kier molecular flexibility index (Phi) is 5.36. The largest absolute Gasteiger partial charge is 0.495 e. The van der Waals surface area contributed by atoms with E-state index >= 15 is 0 Å². The van der Waals surface area contributed by atoms with Crippen molar-refractivity contribution in [3.05, 3.63) is 24.3 Å². The van der Waals surface area contributed by atoms with Crippen LogP contribution in [0.15, 0.2) is 29.2 Å². The molecule has 1 aliphatic heterocycles. The van der Waals surface area contributed by atoms with Gasteiger partial charge in [0.15, 0.2) is 0 Å². The number of morpholine rings is 1. The van der Waals surface area contributed by atoms with Gasteiger partial charge < -0.3 is 9.47 Å². The maximum atomic E-state index is 12.2. The highest BCUT2D eigenvalue weighted by atomic mass is 32.2. The molecule has 112 valence electrons. The van der Waals surface area contributed by atoms with Crippen LogP contribution >= 0.6 is 0 Å². The maximum Gasteiger partial charge on any atom is 0.244 e. The second-order valence-electron chi connectivity index (χ2n) is 4.50. The van der Waals surface area contributed by atoms with Crippen LogP contribution in [0.3, 0.4) is 0 Å². The number of ether oxygens (including phenoxy) is 2. The minimum atomic E-state index is -3.54. The van der Waals surface area contributed by atoms with Crippen molar-refractivity contribution in [3.8, 4) is 5.75 Å². The van der Waals surface area contributed by atoms with Gasteiger partial charge in [-0.1, -0.05) is 12.1 Å². The Labute approximate surface area is 119 Å². The van der Waals surface area contributed by atoms with Crippen molar-refractivity contribution in [2.75, 3.05) is 46.5 Å². The van der Waals surface area contributed by atoms with Gasteiger partial charge in [0.2, 0.25) is 10.0 Å².